The molecule has 1 N–H and O–H groups in total. The number of benzene rings is 1. The Labute approximate surface area is 156 Å². The van der Waals surface area contributed by atoms with Crippen molar-refractivity contribution in [3.05, 3.63) is 63.7 Å². The van der Waals surface area contributed by atoms with E-state index in [1.807, 2.05) is 29.0 Å². The van der Waals surface area contributed by atoms with Crippen LogP contribution in [0.4, 0.5) is 5.13 Å². The minimum atomic E-state index is -0.165. The van der Waals surface area contributed by atoms with E-state index in [9.17, 15) is 4.79 Å². The Morgan fingerprint density at radius 2 is 2.00 bits per heavy atom. The highest BCUT2D eigenvalue weighted by Gasteiger charge is 2.07. The van der Waals surface area contributed by atoms with Gasteiger partial charge in [0.25, 0.3) is 0 Å². The normalized spacial score (nSPS) is 11.3. The summed E-state index contributed by atoms with van der Waals surface area (Å²) in [5, 5.41) is 7.38. The number of hydrogen-bond donors (Lipinski definition) is 1. The van der Waals surface area contributed by atoms with Crippen LogP contribution >= 0.6 is 22.7 Å². The number of hydrogen-bond acceptors (Lipinski definition) is 4. The molecule has 128 valence electrons. The van der Waals surface area contributed by atoms with Gasteiger partial charge in [-0.25, -0.2) is 4.98 Å². The number of rotatable bonds is 6. The van der Waals surface area contributed by atoms with E-state index >= 15 is 0 Å². The van der Waals surface area contributed by atoms with Crippen LogP contribution in [0.1, 0.15) is 24.3 Å². The van der Waals surface area contributed by atoms with Crippen LogP contribution in [0.15, 0.2) is 53.2 Å². The van der Waals surface area contributed by atoms with E-state index in [1.54, 1.807) is 11.3 Å². The largest absolute Gasteiger partial charge is 0.298 e. The standard InChI is InChI=1S/C20H20N2OS2/c1-14(2)12-15-5-7-16(8-6-15)18-13-25-20(21-18)22-19(23)10-9-17-4-3-11-24-17/h3-11,13-14H,12H2,1-2H3,(H,21,22,23)/b10-9+. The molecule has 1 aromatic carbocycles. The van der Waals surface area contributed by atoms with Crippen LogP contribution in [0.2, 0.25) is 0 Å². The Morgan fingerprint density at radius 3 is 2.68 bits per heavy atom. The smallest absolute Gasteiger partial charge is 0.250 e. The van der Waals surface area contributed by atoms with Gasteiger partial charge in [-0.05, 0) is 35.4 Å². The third-order valence-electron chi connectivity index (χ3n) is 3.57. The number of thiophene rings is 1. The first kappa shape index (κ1) is 17.6. The second kappa shape index (κ2) is 8.23. The fourth-order valence-corrected chi connectivity index (χ4v) is 3.78. The SMILES string of the molecule is CC(C)Cc1ccc(-c2csc(NC(=O)/C=C/c3cccs3)n2)cc1. The first-order valence-electron chi connectivity index (χ1n) is 8.17. The number of carbonyl (C=O) groups excluding carboxylic acids is 1. The van der Waals surface area contributed by atoms with E-state index in [2.05, 4.69) is 48.4 Å². The second-order valence-corrected chi connectivity index (χ2v) is 8.01. The van der Waals surface area contributed by atoms with Crippen LogP contribution in [0.25, 0.3) is 17.3 Å². The van der Waals surface area contributed by atoms with Gasteiger partial charge < -0.3 is 0 Å². The van der Waals surface area contributed by atoms with E-state index in [4.69, 9.17) is 0 Å². The summed E-state index contributed by atoms with van der Waals surface area (Å²) in [4.78, 5) is 17.5. The third kappa shape index (κ3) is 5.11. The number of thiazole rings is 1. The average molecular weight is 369 g/mol. The maximum Gasteiger partial charge on any atom is 0.250 e. The molecule has 0 aliphatic carbocycles. The maximum atomic E-state index is 12.0. The minimum absolute atomic E-state index is 0.165. The van der Waals surface area contributed by atoms with Crippen molar-refractivity contribution in [2.45, 2.75) is 20.3 Å². The monoisotopic (exact) mass is 368 g/mol. The first-order chi connectivity index (χ1) is 12.1. The van der Waals surface area contributed by atoms with Gasteiger partial charge in [-0.2, -0.15) is 0 Å². The van der Waals surface area contributed by atoms with E-state index in [0.29, 0.717) is 11.0 Å². The first-order valence-corrected chi connectivity index (χ1v) is 9.93. The maximum absolute atomic E-state index is 12.0. The van der Waals surface area contributed by atoms with Gasteiger partial charge in [-0.3, -0.25) is 10.1 Å². The van der Waals surface area contributed by atoms with Crippen LogP contribution in [0, 0.1) is 5.92 Å². The van der Waals surface area contributed by atoms with Crippen molar-refractivity contribution in [3.63, 3.8) is 0 Å². The molecule has 0 bridgehead atoms. The molecule has 0 aliphatic heterocycles. The van der Waals surface area contributed by atoms with Crippen molar-refractivity contribution in [2.75, 3.05) is 5.32 Å². The molecule has 0 unspecified atom stereocenters. The summed E-state index contributed by atoms with van der Waals surface area (Å²) in [6.07, 6.45) is 4.42. The molecule has 0 fully saturated rings. The highest BCUT2D eigenvalue weighted by molar-refractivity contribution is 7.14. The number of nitrogens with one attached hydrogen (secondary N) is 1. The van der Waals surface area contributed by atoms with Crippen LogP contribution in [-0.4, -0.2) is 10.9 Å². The van der Waals surface area contributed by atoms with Gasteiger partial charge in [0.15, 0.2) is 5.13 Å². The molecule has 3 nitrogen and oxygen atoms in total. The van der Waals surface area contributed by atoms with Crippen molar-refractivity contribution in [1.82, 2.24) is 4.98 Å². The summed E-state index contributed by atoms with van der Waals surface area (Å²) in [7, 11) is 0. The van der Waals surface area contributed by atoms with Crippen molar-refractivity contribution >= 4 is 39.8 Å². The van der Waals surface area contributed by atoms with E-state index < -0.39 is 0 Å². The summed E-state index contributed by atoms with van der Waals surface area (Å²) < 4.78 is 0. The van der Waals surface area contributed by atoms with E-state index in [1.165, 1.54) is 23.0 Å². The lowest BCUT2D eigenvalue weighted by Crippen LogP contribution is -2.07. The zero-order valence-corrected chi connectivity index (χ0v) is 15.9. The number of amides is 1. The molecule has 0 saturated carbocycles. The minimum Gasteiger partial charge on any atom is -0.298 e. The summed E-state index contributed by atoms with van der Waals surface area (Å²) >= 11 is 3.03. The lowest BCUT2D eigenvalue weighted by molar-refractivity contribution is -0.111. The van der Waals surface area contributed by atoms with Crippen molar-refractivity contribution < 1.29 is 4.79 Å². The van der Waals surface area contributed by atoms with E-state index in [-0.39, 0.29) is 5.91 Å². The fraction of sp³-hybridized carbons (Fsp3) is 0.200. The molecule has 3 aromatic rings. The summed E-state index contributed by atoms with van der Waals surface area (Å²) in [5.74, 6) is 0.482. The van der Waals surface area contributed by atoms with E-state index in [0.717, 1.165) is 22.6 Å². The van der Waals surface area contributed by atoms with Gasteiger partial charge >= 0.3 is 0 Å². The predicted molar refractivity (Wildman–Crippen MR) is 108 cm³/mol. The highest BCUT2D eigenvalue weighted by atomic mass is 32.1. The lowest BCUT2D eigenvalue weighted by Gasteiger charge is -2.05. The summed E-state index contributed by atoms with van der Waals surface area (Å²) in [6, 6.07) is 12.4. The molecule has 0 aliphatic rings. The highest BCUT2D eigenvalue weighted by Crippen LogP contribution is 2.25. The van der Waals surface area contributed by atoms with Crippen molar-refractivity contribution in [1.29, 1.82) is 0 Å². The number of anilines is 1. The third-order valence-corrected chi connectivity index (χ3v) is 5.17. The number of aromatic nitrogens is 1. The Bertz CT molecular complexity index is 846. The van der Waals surface area contributed by atoms with Crippen LogP contribution in [0.5, 0.6) is 0 Å². The average Bonchev–Trinajstić information content (AvgIpc) is 3.25. The molecule has 25 heavy (non-hydrogen) atoms. The Hall–Kier alpha value is -2.24. The predicted octanol–water partition coefficient (Wildman–Crippen LogP) is 5.72. The van der Waals surface area contributed by atoms with Gasteiger partial charge in [0.05, 0.1) is 5.69 Å². The molecule has 3 rings (SSSR count). The molecule has 2 heterocycles. The Balaban J connectivity index is 1.63. The summed E-state index contributed by atoms with van der Waals surface area (Å²) in [5.41, 5.74) is 3.29. The Kier molecular flexibility index (Phi) is 5.79. The second-order valence-electron chi connectivity index (χ2n) is 6.17. The molecule has 0 saturated heterocycles. The van der Waals surface area contributed by atoms with Crippen LogP contribution < -0.4 is 5.32 Å². The van der Waals surface area contributed by atoms with Gasteiger partial charge in [0.2, 0.25) is 5.91 Å². The van der Waals surface area contributed by atoms with Gasteiger partial charge in [0.1, 0.15) is 0 Å². The van der Waals surface area contributed by atoms with Crippen molar-refractivity contribution in [2.24, 2.45) is 5.92 Å². The molecular weight excluding hydrogens is 348 g/mol. The van der Waals surface area contributed by atoms with Crippen LogP contribution in [-0.2, 0) is 11.2 Å². The molecule has 2 aromatic heterocycles. The Morgan fingerprint density at radius 1 is 1.20 bits per heavy atom. The zero-order chi connectivity index (χ0) is 17.6. The van der Waals surface area contributed by atoms with Gasteiger partial charge in [-0.15, -0.1) is 22.7 Å². The molecule has 1 amide bonds. The summed E-state index contributed by atoms with van der Waals surface area (Å²) in [6.45, 7) is 4.44. The number of carbonyl (C=O) groups is 1. The van der Waals surface area contributed by atoms with Crippen molar-refractivity contribution in [3.8, 4) is 11.3 Å². The fourth-order valence-electron chi connectivity index (χ4n) is 2.44. The van der Waals surface area contributed by atoms with Gasteiger partial charge in [-0.1, -0.05) is 44.2 Å². The molecule has 5 heteroatoms. The molecular formula is C20H20N2OS2. The van der Waals surface area contributed by atoms with Gasteiger partial charge in [0, 0.05) is 21.9 Å². The number of nitrogens with zero attached hydrogens (tertiary/aromatic N) is 1. The quantitative estimate of drug-likeness (QED) is 0.565. The molecule has 0 spiro atoms. The molecule has 0 atom stereocenters. The zero-order valence-electron chi connectivity index (χ0n) is 14.2. The topological polar surface area (TPSA) is 42.0 Å². The molecule has 0 radical (unpaired) electrons. The lowest BCUT2D eigenvalue weighted by atomic mass is 10.0. The van der Waals surface area contributed by atoms with Crippen LogP contribution in [0.3, 0.4) is 0 Å².